The number of amides is 1. The van der Waals surface area contributed by atoms with Gasteiger partial charge < -0.3 is 15.0 Å². The van der Waals surface area contributed by atoms with Gasteiger partial charge in [-0.15, -0.1) is 0 Å². The number of fused-ring (bicyclic) bond motifs is 1. The predicted octanol–water partition coefficient (Wildman–Crippen LogP) is 5.11. The maximum atomic E-state index is 11.9. The predicted molar refractivity (Wildman–Crippen MR) is 127 cm³/mol. The highest BCUT2D eigenvalue weighted by Gasteiger charge is 2.23. The highest BCUT2D eigenvalue weighted by molar-refractivity contribution is 9.10. The number of benzene rings is 2. The van der Waals surface area contributed by atoms with Crippen LogP contribution in [0.25, 0.3) is 10.9 Å². The number of anilines is 2. The number of hydrogen-bond donors (Lipinski definition) is 1. The van der Waals surface area contributed by atoms with E-state index in [0.29, 0.717) is 5.92 Å². The van der Waals surface area contributed by atoms with Crippen molar-refractivity contribution in [2.75, 3.05) is 25.5 Å². The summed E-state index contributed by atoms with van der Waals surface area (Å²) in [6, 6.07) is 12.1. The van der Waals surface area contributed by atoms with Gasteiger partial charge in [-0.2, -0.15) is 0 Å². The van der Waals surface area contributed by atoms with Crippen molar-refractivity contribution >= 4 is 44.2 Å². The van der Waals surface area contributed by atoms with E-state index in [4.69, 9.17) is 4.74 Å². The third-order valence-electron chi connectivity index (χ3n) is 5.73. The van der Waals surface area contributed by atoms with Crippen molar-refractivity contribution in [3.63, 3.8) is 0 Å². The average molecular weight is 481 g/mol. The molecule has 0 atom stereocenters. The van der Waals surface area contributed by atoms with Crippen molar-refractivity contribution in [2.45, 2.75) is 19.3 Å². The fourth-order valence-electron chi connectivity index (χ4n) is 4.08. The summed E-state index contributed by atoms with van der Waals surface area (Å²) in [4.78, 5) is 22.6. The molecule has 6 nitrogen and oxygen atoms in total. The highest BCUT2D eigenvalue weighted by Crippen LogP contribution is 2.33. The van der Waals surface area contributed by atoms with Crippen LogP contribution in [-0.4, -0.2) is 41.0 Å². The Kier molecular flexibility index (Phi) is 6.51. The third-order valence-corrected chi connectivity index (χ3v) is 6.23. The number of piperidine rings is 1. The normalized spacial score (nSPS) is 14.5. The zero-order valence-corrected chi connectivity index (χ0v) is 19.1. The van der Waals surface area contributed by atoms with Crippen LogP contribution in [0.3, 0.4) is 0 Å². The molecule has 2 aromatic carbocycles. The summed E-state index contributed by atoms with van der Waals surface area (Å²) in [5, 5.41) is 4.36. The van der Waals surface area contributed by atoms with Crippen LogP contribution in [0.4, 0.5) is 11.5 Å². The van der Waals surface area contributed by atoms with Gasteiger partial charge in [-0.25, -0.2) is 9.97 Å². The highest BCUT2D eigenvalue weighted by atomic mass is 79.9. The van der Waals surface area contributed by atoms with Crippen LogP contribution in [-0.2, 0) is 11.2 Å². The minimum atomic E-state index is 0.0159. The van der Waals surface area contributed by atoms with Crippen LogP contribution in [0.1, 0.15) is 18.4 Å². The molecule has 0 radical (unpaired) electrons. The molecule has 1 aliphatic rings. The lowest BCUT2D eigenvalue weighted by Crippen LogP contribution is -2.37. The molecule has 160 valence electrons. The first-order valence-corrected chi connectivity index (χ1v) is 11.1. The first kappa shape index (κ1) is 21.3. The summed E-state index contributed by atoms with van der Waals surface area (Å²) < 4.78 is 6.68. The quantitative estimate of drug-likeness (QED) is 0.496. The lowest BCUT2D eigenvalue weighted by molar-refractivity contribution is -0.127. The zero-order chi connectivity index (χ0) is 21.8. The molecule has 1 fully saturated rings. The second kappa shape index (κ2) is 9.47. The molecule has 3 aromatic rings. The molecule has 1 aromatic heterocycles. The molecule has 1 aliphatic heterocycles. The number of hydrogen-bond acceptors (Lipinski definition) is 5. The number of halogens is 1. The fraction of sp³-hybridized carbons (Fsp3) is 0.292. The molecular formula is C24H25BrN4O2. The van der Waals surface area contributed by atoms with Crippen molar-refractivity contribution < 1.29 is 9.53 Å². The van der Waals surface area contributed by atoms with Gasteiger partial charge in [-0.1, -0.05) is 28.6 Å². The molecule has 1 saturated heterocycles. The Morgan fingerprint density at radius 3 is 2.81 bits per heavy atom. The Bertz CT molecular complexity index is 1110. The molecule has 4 rings (SSSR count). The third kappa shape index (κ3) is 4.88. The molecule has 31 heavy (non-hydrogen) atoms. The number of likely N-dealkylation sites (tertiary alicyclic amines) is 1. The van der Waals surface area contributed by atoms with Crippen molar-refractivity contribution in [2.24, 2.45) is 5.92 Å². The van der Waals surface area contributed by atoms with Crippen molar-refractivity contribution in [3.05, 3.63) is 65.4 Å². The molecule has 1 N–H and O–H groups in total. The van der Waals surface area contributed by atoms with Crippen LogP contribution in [0.5, 0.6) is 5.75 Å². The van der Waals surface area contributed by atoms with Gasteiger partial charge in [0.05, 0.1) is 12.6 Å². The molecule has 0 aliphatic carbocycles. The minimum Gasteiger partial charge on any atom is -0.496 e. The molecule has 0 spiro atoms. The monoisotopic (exact) mass is 480 g/mol. The van der Waals surface area contributed by atoms with Crippen LogP contribution < -0.4 is 10.1 Å². The van der Waals surface area contributed by atoms with E-state index in [9.17, 15) is 4.79 Å². The second-order valence-corrected chi connectivity index (χ2v) is 8.63. The Labute approximate surface area is 190 Å². The average Bonchev–Trinajstić information content (AvgIpc) is 2.79. The Balaban J connectivity index is 1.60. The number of rotatable bonds is 6. The van der Waals surface area contributed by atoms with Gasteiger partial charge in [-0.05, 0) is 61.1 Å². The standard InChI is InChI=1S/C24H25BrN4O2/c1-3-23(30)29-9-7-16(8-10-29)11-17-12-20-21(14-22(17)31-2)26-15-27-24(20)28-19-6-4-5-18(25)13-19/h3-6,12-16H,1,7-11H2,2H3,(H,26,27,28). The van der Waals surface area contributed by atoms with Crippen LogP contribution in [0.15, 0.2) is 59.9 Å². The van der Waals surface area contributed by atoms with Crippen LogP contribution in [0.2, 0.25) is 0 Å². The summed E-state index contributed by atoms with van der Waals surface area (Å²) >= 11 is 3.51. The molecule has 7 heteroatoms. The van der Waals surface area contributed by atoms with E-state index in [1.54, 1.807) is 13.4 Å². The fourth-order valence-corrected chi connectivity index (χ4v) is 4.48. The van der Waals surface area contributed by atoms with Crippen molar-refractivity contribution in [1.29, 1.82) is 0 Å². The number of carbonyl (C=O) groups excluding carboxylic acids is 1. The first-order chi connectivity index (χ1) is 15.1. The lowest BCUT2D eigenvalue weighted by Gasteiger charge is -2.31. The maximum Gasteiger partial charge on any atom is 0.245 e. The van der Waals surface area contributed by atoms with Gasteiger partial charge in [0.15, 0.2) is 0 Å². The number of carbonyl (C=O) groups is 1. The van der Waals surface area contributed by atoms with E-state index in [-0.39, 0.29) is 5.91 Å². The topological polar surface area (TPSA) is 67.4 Å². The van der Waals surface area contributed by atoms with E-state index < -0.39 is 0 Å². The number of nitrogens with one attached hydrogen (secondary N) is 1. The minimum absolute atomic E-state index is 0.0159. The molecule has 1 amide bonds. The van der Waals surface area contributed by atoms with Gasteiger partial charge >= 0.3 is 0 Å². The maximum absolute atomic E-state index is 11.9. The Morgan fingerprint density at radius 2 is 2.10 bits per heavy atom. The molecule has 0 unspecified atom stereocenters. The first-order valence-electron chi connectivity index (χ1n) is 10.3. The number of methoxy groups -OCH3 is 1. The Hall–Kier alpha value is -2.93. The van der Waals surface area contributed by atoms with Gasteiger partial charge in [0.1, 0.15) is 17.9 Å². The summed E-state index contributed by atoms with van der Waals surface area (Å²) in [5.74, 6) is 2.11. The summed E-state index contributed by atoms with van der Waals surface area (Å²) in [5.41, 5.74) is 2.92. The van der Waals surface area contributed by atoms with Gasteiger partial charge in [0, 0.05) is 34.7 Å². The number of nitrogens with zero attached hydrogens (tertiary/aromatic N) is 3. The van der Waals surface area contributed by atoms with Gasteiger partial charge in [0.2, 0.25) is 5.91 Å². The van der Waals surface area contributed by atoms with E-state index in [0.717, 1.165) is 70.5 Å². The number of aromatic nitrogens is 2. The van der Waals surface area contributed by atoms with E-state index >= 15 is 0 Å². The van der Waals surface area contributed by atoms with Gasteiger partial charge in [0.25, 0.3) is 0 Å². The summed E-state index contributed by atoms with van der Waals surface area (Å²) in [7, 11) is 1.69. The van der Waals surface area contributed by atoms with Crippen LogP contribution in [0, 0.1) is 5.92 Å². The lowest BCUT2D eigenvalue weighted by atomic mass is 9.89. The molecule has 2 heterocycles. The van der Waals surface area contributed by atoms with E-state index in [1.807, 2.05) is 35.2 Å². The van der Waals surface area contributed by atoms with Crippen molar-refractivity contribution in [1.82, 2.24) is 14.9 Å². The van der Waals surface area contributed by atoms with E-state index in [1.165, 1.54) is 6.08 Å². The SMILES string of the molecule is C=CC(=O)N1CCC(Cc2cc3c(Nc4cccc(Br)c4)ncnc3cc2OC)CC1. The smallest absolute Gasteiger partial charge is 0.245 e. The largest absolute Gasteiger partial charge is 0.496 e. The molecule has 0 saturated carbocycles. The second-order valence-electron chi connectivity index (χ2n) is 7.72. The number of ether oxygens (including phenoxy) is 1. The Morgan fingerprint density at radius 1 is 1.29 bits per heavy atom. The van der Waals surface area contributed by atoms with Crippen LogP contribution >= 0.6 is 15.9 Å². The summed E-state index contributed by atoms with van der Waals surface area (Å²) in [6.07, 6.45) is 5.78. The molecule has 0 bridgehead atoms. The van der Waals surface area contributed by atoms with E-state index in [2.05, 4.69) is 43.9 Å². The molecular weight excluding hydrogens is 456 g/mol. The van der Waals surface area contributed by atoms with Gasteiger partial charge in [-0.3, -0.25) is 4.79 Å². The van der Waals surface area contributed by atoms with Crippen molar-refractivity contribution in [3.8, 4) is 5.75 Å². The zero-order valence-electron chi connectivity index (χ0n) is 17.5. The summed E-state index contributed by atoms with van der Waals surface area (Å²) in [6.45, 7) is 5.13.